The smallest absolute Gasteiger partial charge is 0.335 e. The molecule has 0 aromatic heterocycles. The predicted octanol–water partition coefficient (Wildman–Crippen LogP) is 2.86. The monoisotopic (exact) mass is 326 g/mol. The van der Waals surface area contributed by atoms with E-state index in [0.29, 0.717) is 13.0 Å². The average Bonchev–Trinajstić information content (AvgIpc) is 2.62. The van der Waals surface area contributed by atoms with Gasteiger partial charge in [0.2, 0.25) is 0 Å². The maximum Gasteiger partial charge on any atom is 0.335 e. The molecule has 0 heterocycles. The summed E-state index contributed by atoms with van der Waals surface area (Å²) >= 11 is 0. The molecule has 5 heteroatoms. The van der Waals surface area contributed by atoms with Crippen molar-refractivity contribution in [2.24, 2.45) is 5.73 Å². The van der Waals surface area contributed by atoms with Crippen LogP contribution in [0.4, 0.5) is 0 Å². The summed E-state index contributed by atoms with van der Waals surface area (Å²) in [6.07, 6.45) is 10.8. The molecule has 2 rings (SSSR count). The summed E-state index contributed by atoms with van der Waals surface area (Å²) in [5.41, 5.74) is 8.79. The number of nitrogens with two attached hydrogens (primary N) is 1. The van der Waals surface area contributed by atoms with Crippen molar-refractivity contribution in [1.29, 1.82) is 0 Å². The van der Waals surface area contributed by atoms with Crippen LogP contribution in [0.1, 0.15) is 31.2 Å². The number of unbranched alkanes of at least 4 members (excludes halogenated alkanes) is 1. The van der Waals surface area contributed by atoms with Crippen LogP contribution in [-0.2, 0) is 10.2 Å². The van der Waals surface area contributed by atoms with Crippen LogP contribution in [0.3, 0.4) is 0 Å². The predicted molar refractivity (Wildman–Crippen MR) is 95.7 cm³/mol. The maximum atomic E-state index is 11.3. The number of benzene rings is 1. The SMILES string of the molecule is NCCCC[C@H](N[N+]#CC1(c2ccccc2)C=CC=CC1)C(=O)O. The van der Waals surface area contributed by atoms with Crippen LogP contribution < -0.4 is 11.2 Å². The third-order valence-electron chi connectivity index (χ3n) is 4.08. The molecule has 1 aliphatic rings. The van der Waals surface area contributed by atoms with Gasteiger partial charge in [0, 0.05) is 0 Å². The average molecular weight is 326 g/mol. The van der Waals surface area contributed by atoms with Gasteiger partial charge in [-0.2, -0.15) is 0 Å². The van der Waals surface area contributed by atoms with Crippen molar-refractivity contribution in [3.8, 4) is 6.07 Å². The van der Waals surface area contributed by atoms with Gasteiger partial charge in [-0.3, -0.25) is 0 Å². The highest BCUT2D eigenvalue weighted by molar-refractivity contribution is 5.73. The summed E-state index contributed by atoms with van der Waals surface area (Å²) in [7, 11) is 0. The molecule has 0 aliphatic heterocycles. The first kappa shape index (κ1) is 17.8. The van der Waals surface area contributed by atoms with E-state index < -0.39 is 17.4 Å². The summed E-state index contributed by atoms with van der Waals surface area (Å²) in [6.45, 7) is 0.565. The number of nitrogens with zero attached hydrogens (tertiary/aromatic N) is 1. The Morgan fingerprint density at radius 1 is 1.33 bits per heavy atom. The Kier molecular flexibility index (Phi) is 6.59. The van der Waals surface area contributed by atoms with Gasteiger partial charge in [0.05, 0.1) is 4.95 Å². The van der Waals surface area contributed by atoms with E-state index in [2.05, 4.69) is 22.5 Å². The zero-order chi connectivity index (χ0) is 17.3. The Labute approximate surface area is 142 Å². The summed E-state index contributed by atoms with van der Waals surface area (Å²) in [6, 6.07) is 12.4. The van der Waals surface area contributed by atoms with Gasteiger partial charge in [0.15, 0.2) is 11.5 Å². The number of carbonyl (C=O) groups is 1. The lowest BCUT2D eigenvalue weighted by Crippen LogP contribution is -2.32. The molecule has 1 aromatic rings. The maximum absolute atomic E-state index is 11.3. The number of carboxylic acid groups (broad SMARTS) is 1. The van der Waals surface area contributed by atoms with E-state index in [9.17, 15) is 9.90 Å². The highest BCUT2D eigenvalue weighted by Gasteiger charge is 2.34. The van der Waals surface area contributed by atoms with Crippen LogP contribution in [0.25, 0.3) is 4.95 Å². The highest BCUT2D eigenvalue weighted by Crippen LogP contribution is 2.32. The quantitative estimate of drug-likeness (QED) is 0.532. The number of hydrogen-bond acceptors (Lipinski definition) is 3. The minimum Gasteiger partial charge on any atom is -0.480 e. The van der Waals surface area contributed by atoms with E-state index in [-0.39, 0.29) is 0 Å². The summed E-state index contributed by atoms with van der Waals surface area (Å²) in [5, 5.41) is 9.28. The molecule has 24 heavy (non-hydrogen) atoms. The third-order valence-corrected chi connectivity index (χ3v) is 4.08. The van der Waals surface area contributed by atoms with Crippen molar-refractivity contribution in [2.75, 3.05) is 6.54 Å². The molecule has 0 saturated heterocycles. The Morgan fingerprint density at radius 2 is 2.12 bits per heavy atom. The van der Waals surface area contributed by atoms with Gasteiger partial charge in [-0.1, -0.05) is 60.1 Å². The molecule has 1 aliphatic carbocycles. The van der Waals surface area contributed by atoms with E-state index in [1.807, 2.05) is 48.6 Å². The number of aliphatic carboxylic acids is 1. The van der Waals surface area contributed by atoms with E-state index in [0.717, 1.165) is 24.8 Å². The van der Waals surface area contributed by atoms with Crippen molar-refractivity contribution in [1.82, 2.24) is 5.43 Å². The highest BCUT2D eigenvalue weighted by atomic mass is 16.4. The zero-order valence-electron chi connectivity index (χ0n) is 13.7. The largest absolute Gasteiger partial charge is 0.480 e. The molecule has 2 atom stereocenters. The molecular weight excluding hydrogens is 302 g/mol. The van der Waals surface area contributed by atoms with Gasteiger partial charge in [0.25, 0.3) is 0 Å². The fourth-order valence-corrected chi connectivity index (χ4v) is 2.66. The molecule has 4 N–H and O–H groups in total. The van der Waals surface area contributed by atoms with Gasteiger partial charge in [-0.25, -0.2) is 4.79 Å². The van der Waals surface area contributed by atoms with Crippen molar-refractivity contribution >= 4 is 5.97 Å². The van der Waals surface area contributed by atoms with Crippen LogP contribution in [-0.4, -0.2) is 23.7 Å². The standard InChI is InChI=1S/C19H23N3O2/c20-14-8-5-11-17(18(23)24)22-21-15-19(12-6-2-7-13-19)16-9-3-1-4-10-16/h1-4,6-7,9-10,12,17,22H,5,8,11,13-14,20H2/p+1/t17-,19?/m0/s1. The lowest BCUT2D eigenvalue weighted by molar-refractivity contribution is -0.139. The molecule has 1 aromatic carbocycles. The molecular formula is C19H24N3O2+. The molecule has 0 radical (unpaired) electrons. The zero-order valence-corrected chi connectivity index (χ0v) is 13.7. The van der Waals surface area contributed by atoms with Gasteiger partial charge in [-0.15, -0.1) is 0 Å². The molecule has 0 bridgehead atoms. The second-order valence-corrected chi connectivity index (χ2v) is 5.86. The number of rotatable bonds is 7. The number of hydrogen-bond donors (Lipinski definition) is 3. The fourth-order valence-electron chi connectivity index (χ4n) is 2.66. The van der Waals surface area contributed by atoms with Gasteiger partial charge < -0.3 is 10.8 Å². The normalized spacial score (nSPS) is 20.0. The molecule has 0 amide bonds. The van der Waals surface area contributed by atoms with Crippen molar-refractivity contribution in [2.45, 2.75) is 37.1 Å². The first-order valence-electron chi connectivity index (χ1n) is 8.23. The minimum atomic E-state index is -0.912. The first-order valence-corrected chi connectivity index (χ1v) is 8.23. The van der Waals surface area contributed by atoms with E-state index in [1.165, 1.54) is 0 Å². The second kappa shape index (κ2) is 8.90. The molecule has 0 fully saturated rings. The fraction of sp³-hybridized carbons (Fsp3) is 0.368. The Morgan fingerprint density at radius 3 is 2.75 bits per heavy atom. The molecule has 5 nitrogen and oxygen atoms in total. The van der Waals surface area contributed by atoms with Gasteiger partial charge >= 0.3 is 12.0 Å². The van der Waals surface area contributed by atoms with Gasteiger partial charge in [0.1, 0.15) is 0 Å². The first-order chi connectivity index (χ1) is 11.7. The van der Waals surface area contributed by atoms with Crippen molar-refractivity contribution in [3.63, 3.8) is 0 Å². The van der Waals surface area contributed by atoms with Crippen molar-refractivity contribution in [3.05, 3.63) is 65.2 Å². The van der Waals surface area contributed by atoms with Crippen LogP contribution in [0.15, 0.2) is 54.6 Å². The number of carboxylic acids is 1. The summed E-state index contributed by atoms with van der Waals surface area (Å²) in [5.74, 6) is -0.912. The van der Waals surface area contributed by atoms with Crippen LogP contribution >= 0.6 is 0 Å². The molecule has 1 unspecified atom stereocenters. The minimum absolute atomic E-state index is 0.469. The lowest BCUT2D eigenvalue weighted by atomic mass is 9.77. The molecule has 126 valence electrons. The van der Waals surface area contributed by atoms with Gasteiger partial charge in [-0.05, 0) is 37.8 Å². The van der Waals surface area contributed by atoms with E-state index in [1.54, 1.807) is 0 Å². The van der Waals surface area contributed by atoms with Crippen molar-refractivity contribution < 1.29 is 9.90 Å². The van der Waals surface area contributed by atoms with Crippen LogP contribution in [0.5, 0.6) is 0 Å². The topological polar surface area (TPSA) is 79.7 Å². The summed E-state index contributed by atoms with van der Waals surface area (Å²) in [4.78, 5) is 15.5. The molecule has 0 spiro atoms. The van der Waals surface area contributed by atoms with E-state index >= 15 is 0 Å². The Bertz CT molecular complexity index is 658. The number of allylic oxidation sites excluding steroid dienone is 4. The van der Waals surface area contributed by atoms with Crippen LogP contribution in [0.2, 0.25) is 0 Å². The Balaban J connectivity index is 2.13. The lowest BCUT2D eigenvalue weighted by Gasteiger charge is -2.20. The Hall–Kier alpha value is -2.58. The second-order valence-electron chi connectivity index (χ2n) is 5.86. The van der Waals surface area contributed by atoms with E-state index in [4.69, 9.17) is 5.73 Å². The van der Waals surface area contributed by atoms with Crippen LogP contribution in [0, 0.1) is 6.07 Å². The summed E-state index contributed by atoms with van der Waals surface area (Å²) < 4.78 is 0. The third kappa shape index (κ3) is 4.71. The number of nitrogens with one attached hydrogen (secondary N) is 1. The molecule has 0 saturated carbocycles.